The molecular weight excluding hydrogens is 320 g/mol. The summed E-state index contributed by atoms with van der Waals surface area (Å²) >= 11 is 1.52. The molecule has 0 aliphatic rings. The number of nitrogens with zero attached hydrogens (tertiary/aromatic N) is 2. The number of fused-ring (bicyclic) bond motifs is 1. The minimum Gasteiger partial charge on any atom is -0.492 e. The minimum atomic E-state index is -0.218. The van der Waals surface area contributed by atoms with Crippen LogP contribution in [-0.2, 0) is 6.54 Å². The van der Waals surface area contributed by atoms with E-state index in [1.807, 2.05) is 43.3 Å². The fourth-order valence-electron chi connectivity index (χ4n) is 2.62. The van der Waals surface area contributed by atoms with Crippen molar-refractivity contribution < 1.29 is 9.53 Å². The molecule has 0 aliphatic heterocycles. The second kappa shape index (κ2) is 7.45. The van der Waals surface area contributed by atoms with E-state index in [-0.39, 0.29) is 5.91 Å². The molecule has 0 saturated heterocycles. The van der Waals surface area contributed by atoms with Crippen molar-refractivity contribution in [3.05, 3.63) is 58.9 Å². The first kappa shape index (κ1) is 16.5. The van der Waals surface area contributed by atoms with E-state index in [0.29, 0.717) is 17.0 Å². The van der Waals surface area contributed by atoms with Crippen LogP contribution in [0.2, 0.25) is 0 Å². The first-order chi connectivity index (χ1) is 11.7. The second-order valence-electron chi connectivity index (χ2n) is 5.36. The summed E-state index contributed by atoms with van der Waals surface area (Å²) in [5.74, 6) is 0.623. The van der Waals surface area contributed by atoms with Crippen LogP contribution in [0.3, 0.4) is 0 Å². The number of aryl methyl sites for hydroxylation is 1. The zero-order valence-corrected chi connectivity index (χ0v) is 14.7. The first-order valence-electron chi connectivity index (χ1n) is 8.13. The molecule has 5 heteroatoms. The lowest BCUT2D eigenvalue weighted by molar-refractivity contribution is 0.0998. The highest BCUT2D eigenvalue weighted by Gasteiger charge is 2.12. The monoisotopic (exact) mass is 340 g/mol. The number of benzene rings is 2. The number of hydrogen-bond acceptors (Lipinski definition) is 3. The molecule has 0 N–H and O–H groups in total. The summed E-state index contributed by atoms with van der Waals surface area (Å²) in [5.41, 5.74) is 1.62. The number of rotatable bonds is 5. The maximum Gasteiger partial charge on any atom is 0.279 e. The van der Waals surface area contributed by atoms with Crippen molar-refractivity contribution in [1.29, 1.82) is 0 Å². The van der Waals surface area contributed by atoms with Gasteiger partial charge in [0.2, 0.25) is 0 Å². The molecule has 3 rings (SSSR count). The Balaban J connectivity index is 2.17. The van der Waals surface area contributed by atoms with Gasteiger partial charge < -0.3 is 9.30 Å². The van der Waals surface area contributed by atoms with Gasteiger partial charge in [-0.05, 0) is 37.6 Å². The first-order valence-corrected chi connectivity index (χ1v) is 8.95. The lowest BCUT2D eigenvalue weighted by Gasteiger charge is -2.08. The summed E-state index contributed by atoms with van der Waals surface area (Å²) in [4.78, 5) is 17.5. The number of aromatic nitrogens is 1. The van der Waals surface area contributed by atoms with Crippen LogP contribution in [-0.4, -0.2) is 17.1 Å². The van der Waals surface area contributed by atoms with Crippen molar-refractivity contribution in [2.45, 2.75) is 26.8 Å². The van der Waals surface area contributed by atoms with E-state index in [9.17, 15) is 4.79 Å². The standard InChI is InChI=1S/C19H20N2O2S/c1-3-13-21-17-15(23-4-2)11-8-12-16(17)24-19(21)20-18(22)14-9-6-5-7-10-14/h5-12H,3-4,13H2,1-2H3. The molecule has 1 aromatic heterocycles. The summed E-state index contributed by atoms with van der Waals surface area (Å²) in [6.45, 7) is 5.49. The highest BCUT2D eigenvalue weighted by molar-refractivity contribution is 7.16. The summed E-state index contributed by atoms with van der Waals surface area (Å²) in [5, 5.41) is 0. The number of thiazole rings is 1. The summed E-state index contributed by atoms with van der Waals surface area (Å²) in [7, 11) is 0. The lowest BCUT2D eigenvalue weighted by Crippen LogP contribution is -2.17. The van der Waals surface area contributed by atoms with Gasteiger partial charge in [0.05, 0.1) is 11.3 Å². The van der Waals surface area contributed by atoms with Gasteiger partial charge in [-0.1, -0.05) is 42.5 Å². The molecule has 24 heavy (non-hydrogen) atoms. The largest absolute Gasteiger partial charge is 0.492 e. The van der Waals surface area contributed by atoms with Gasteiger partial charge in [-0.2, -0.15) is 4.99 Å². The van der Waals surface area contributed by atoms with Crippen LogP contribution in [0.15, 0.2) is 53.5 Å². The molecule has 4 nitrogen and oxygen atoms in total. The zero-order valence-electron chi connectivity index (χ0n) is 13.9. The quantitative estimate of drug-likeness (QED) is 0.697. The molecule has 2 aromatic carbocycles. The molecule has 1 amide bonds. The Morgan fingerprint density at radius 1 is 1.12 bits per heavy atom. The molecular formula is C19H20N2O2S. The van der Waals surface area contributed by atoms with Gasteiger partial charge in [0.15, 0.2) is 4.80 Å². The van der Waals surface area contributed by atoms with Gasteiger partial charge in [0.1, 0.15) is 11.3 Å². The van der Waals surface area contributed by atoms with Crippen LogP contribution >= 0.6 is 11.3 Å². The number of amides is 1. The molecule has 0 aliphatic carbocycles. The molecule has 1 heterocycles. The predicted molar refractivity (Wildman–Crippen MR) is 97.6 cm³/mol. The lowest BCUT2D eigenvalue weighted by atomic mass is 10.2. The number of hydrogen-bond donors (Lipinski definition) is 0. The Bertz CT molecular complexity index is 910. The maximum atomic E-state index is 12.5. The summed E-state index contributed by atoms with van der Waals surface area (Å²) in [6, 6.07) is 15.1. The zero-order chi connectivity index (χ0) is 16.9. The van der Waals surface area contributed by atoms with Crippen molar-refractivity contribution in [1.82, 2.24) is 4.57 Å². The van der Waals surface area contributed by atoms with E-state index in [0.717, 1.165) is 28.9 Å². The fraction of sp³-hybridized carbons (Fsp3) is 0.263. The van der Waals surface area contributed by atoms with Crippen molar-refractivity contribution in [3.63, 3.8) is 0 Å². The molecule has 3 aromatic rings. The van der Waals surface area contributed by atoms with Crippen molar-refractivity contribution in [2.24, 2.45) is 4.99 Å². The molecule has 0 radical (unpaired) electrons. The third-order valence-corrected chi connectivity index (χ3v) is 4.67. The average Bonchev–Trinajstić information content (AvgIpc) is 2.95. The van der Waals surface area contributed by atoms with Gasteiger partial charge in [0, 0.05) is 12.1 Å². The molecule has 0 fully saturated rings. The van der Waals surface area contributed by atoms with E-state index in [1.54, 1.807) is 12.1 Å². The summed E-state index contributed by atoms with van der Waals surface area (Å²) in [6.07, 6.45) is 0.957. The van der Waals surface area contributed by atoms with Crippen molar-refractivity contribution in [2.75, 3.05) is 6.61 Å². The molecule has 0 atom stereocenters. The highest BCUT2D eigenvalue weighted by atomic mass is 32.1. The van der Waals surface area contributed by atoms with E-state index in [1.165, 1.54) is 11.3 Å². The molecule has 0 spiro atoms. The highest BCUT2D eigenvalue weighted by Crippen LogP contribution is 2.27. The van der Waals surface area contributed by atoms with Crippen LogP contribution in [0.1, 0.15) is 30.6 Å². The van der Waals surface area contributed by atoms with Crippen LogP contribution in [0, 0.1) is 0 Å². The third-order valence-electron chi connectivity index (χ3n) is 3.63. The Hall–Kier alpha value is -2.40. The Kier molecular flexibility index (Phi) is 5.11. The fourth-order valence-corrected chi connectivity index (χ4v) is 3.69. The molecule has 0 unspecified atom stereocenters. The second-order valence-corrected chi connectivity index (χ2v) is 6.36. The van der Waals surface area contributed by atoms with Crippen LogP contribution in [0.5, 0.6) is 5.75 Å². The molecule has 0 saturated carbocycles. The van der Waals surface area contributed by atoms with Gasteiger partial charge in [-0.15, -0.1) is 0 Å². The van der Waals surface area contributed by atoms with Crippen LogP contribution in [0.4, 0.5) is 0 Å². The maximum absolute atomic E-state index is 12.5. The van der Waals surface area contributed by atoms with E-state index >= 15 is 0 Å². The van der Waals surface area contributed by atoms with E-state index < -0.39 is 0 Å². The predicted octanol–water partition coefficient (Wildman–Crippen LogP) is 4.25. The van der Waals surface area contributed by atoms with E-state index in [2.05, 4.69) is 16.5 Å². The number of ether oxygens (including phenoxy) is 1. The smallest absolute Gasteiger partial charge is 0.279 e. The topological polar surface area (TPSA) is 43.6 Å². The number of carbonyl (C=O) groups is 1. The van der Waals surface area contributed by atoms with E-state index in [4.69, 9.17) is 4.74 Å². The van der Waals surface area contributed by atoms with Gasteiger partial charge in [-0.25, -0.2) is 0 Å². The van der Waals surface area contributed by atoms with Gasteiger partial charge in [-0.3, -0.25) is 4.79 Å². The minimum absolute atomic E-state index is 0.218. The van der Waals surface area contributed by atoms with Gasteiger partial charge in [0.25, 0.3) is 5.91 Å². The average molecular weight is 340 g/mol. The molecule has 0 bridgehead atoms. The number of para-hydroxylation sites is 1. The van der Waals surface area contributed by atoms with Crippen molar-refractivity contribution >= 4 is 27.5 Å². The van der Waals surface area contributed by atoms with Crippen molar-refractivity contribution in [3.8, 4) is 5.75 Å². The van der Waals surface area contributed by atoms with Crippen LogP contribution < -0.4 is 9.54 Å². The normalized spacial score (nSPS) is 11.8. The molecule has 124 valence electrons. The van der Waals surface area contributed by atoms with Gasteiger partial charge >= 0.3 is 0 Å². The Morgan fingerprint density at radius 2 is 1.92 bits per heavy atom. The Morgan fingerprint density at radius 3 is 2.62 bits per heavy atom. The number of carbonyl (C=O) groups excluding carboxylic acids is 1. The Labute approximate surface area is 145 Å². The summed E-state index contributed by atoms with van der Waals surface area (Å²) < 4.78 is 8.94. The third kappa shape index (κ3) is 3.26. The van der Waals surface area contributed by atoms with Crippen LogP contribution in [0.25, 0.3) is 10.2 Å². The SMILES string of the molecule is CCCn1c(=NC(=O)c2ccccc2)sc2cccc(OCC)c21.